The Morgan fingerprint density at radius 3 is 2.81 bits per heavy atom. The summed E-state index contributed by atoms with van der Waals surface area (Å²) in [6.45, 7) is 0. The van der Waals surface area contributed by atoms with Crippen molar-refractivity contribution in [1.29, 1.82) is 0 Å². The quantitative estimate of drug-likeness (QED) is 0.497. The molecule has 1 aromatic carbocycles. The molecule has 0 aliphatic carbocycles. The standard InChI is InChI=1S/C10H7BrN2O2S/c11-6-8-9(12-13-16-8)10(14)15-7-4-2-1-3-5-7/h1-5H,6H2. The molecule has 1 aromatic heterocycles. The molecule has 6 heteroatoms. The highest BCUT2D eigenvalue weighted by atomic mass is 79.9. The monoisotopic (exact) mass is 298 g/mol. The third kappa shape index (κ3) is 2.45. The average molecular weight is 299 g/mol. The smallest absolute Gasteiger partial charge is 0.365 e. The fraction of sp³-hybridized carbons (Fsp3) is 0.100. The molecule has 0 spiro atoms. The van der Waals surface area contributed by atoms with Gasteiger partial charge in [-0.15, -0.1) is 5.10 Å². The first-order valence-electron chi connectivity index (χ1n) is 4.45. The molecule has 0 bridgehead atoms. The molecule has 2 rings (SSSR count). The first-order valence-corrected chi connectivity index (χ1v) is 6.35. The Kier molecular flexibility index (Phi) is 3.63. The topological polar surface area (TPSA) is 52.1 Å². The highest BCUT2D eigenvalue weighted by Gasteiger charge is 2.17. The van der Waals surface area contributed by atoms with Gasteiger partial charge < -0.3 is 4.74 Å². The van der Waals surface area contributed by atoms with Crippen molar-refractivity contribution in [2.24, 2.45) is 0 Å². The number of rotatable bonds is 3. The lowest BCUT2D eigenvalue weighted by atomic mass is 10.3. The number of halogens is 1. The number of esters is 1. The summed E-state index contributed by atoms with van der Waals surface area (Å²) in [6.07, 6.45) is 0. The zero-order chi connectivity index (χ0) is 11.4. The summed E-state index contributed by atoms with van der Waals surface area (Å²) in [5.74, 6) is 0.0235. The third-order valence-electron chi connectivity index (χ3n) is 1.82. The molecule has 4 nitrogen and oxygen atoms in total. The third-order valence-corrected chi connectivity index (χ3v) is 3.48. The van der Waals surface area contributed by atoms with E-state index >= 15 is 0 Å². The molecular weight excluding hydrogens is 292 g/mol. The number of hydrogen-bond acceptors (Lipinski definition) is 5. The largest absolute Gasteiger partial charge is 0.422 e. The molecule has 0 N–H and O–H groups in total. The van der Waals surface area contributed by atoms with Crippen LogP contribution in [0.2, 0.25) is 0 Å². The lowest BCUT2D eigenvalue weighted by molar-refractivity contribution is 0.0728. The number of carbonyl (C=O) groups is 1. The maximum atomic E-state index is 11.7. The fourth-order valence-electron chi connectivity index (χ4n) is 1.10. The fourth-order valence-corrected chi connectivity index (χ4v) is 2.15. The Hall–Kier alpha value is -1.27. The number of carbonyl (C=O) groups excluding carboxylic acids is 1. The molecule has 0 aliphatic rings. The van der Waals surface area contributed by atoms with E-state index in [9.17, 15) is 4.79 Å². The van der Waals surface area contributed by atoms with Gasteiger partial charge in [0.2, 0.25) is 0 Å². The number of ether oxygens (including phenoxy) is 1. The van der Waals surface area contributed by atoms with E-state index in [1.54, 1.807) is 24.3 Å². The molecule has 0 amide bonds. The normalized spacial score (nSPS) is 10.1. The lowest BCUT2D eigenvalue weighted by Crippen LogP contribution is -2.10. The summed E-state index contributed by atoms with van der Waals surface area (Å²) in [6, 6.07) is 8.88. The minimum Gasteiger partial charge on any atom is -0.422 e. The van der Waals surface area contributed by atoms with Gasteiger partial charge in [0.15, 0.2) is 5.69 Å². The van der Waals surface area contributed by atoms with Crippen LogP contribution in [-0.4, -0.2) is 15.6 Å². The van der Waals surface area contributed by atoms with Crippen LogP contribution in [0.4, 0.5) is 0 Å². The SMILES string of the molecule is O=C(Oc1ccccc1)c1nnsc1CBr. The van der Waals surface area contributed by atoms with Gasteiger partial charge in [0, 0.05) is 5.33 Å². The summed E-state index contributed by atoms with van der Waals surface area (Å²) in [5, 5.41) is 4.29. The molecule has 0 fully saturated rings. The van der Waals surface area contributed by atoms with Crippen LogP contribution >= 0.6 is 27.5 Å². The highest BCUT2D eigenvalue weighted by molar-refractivity contribution is 9.08. The van der Waals surface area contributed by atoms with Crippen LogP contribution in [0.25, 0.3) is 0 Å². The van der Waals surface area contributed by atoms with E-state index in [4.69, 9.17) is 4.74 Å². The maximum Gasteiger partial charge on any atom is 0.365 e. The molecule has 0 saturated carbocycles. The second-order valence-electron chi connectivity index (χ2n) is 2.88. The van der Waals surface area contributed by atoms with Gasteiger partial charge in [-0.2, -0.15) is 0 Å². The minimum absolute atomic E-state index is 0.269. The molecule has 2 aromatic rings. The van der Waals surface area contributed by atoms with Crippen molar-refractivity contribution < 1.29 is 9.53 Å². The van der Waals surface area contributed by atoms with Crippen LogP contribution in [0.3, 0.4) is 0 Å². The maximum absolute atomic E-state index is 11.7. The first-order chi connectivity index (χ1) is 7.81. The summed E-state index contributed by atoms with van der Waals surface area (Å²) in [4.78, 5) is 12.5. The van der Waals surface area contributed by atoms with Gasteiger partial charge in [-0.3, -0.25) is 0 Å². The molecule has 1 heterocycles. The van der Waals surface area contributed by atoms with Gasteiger partial charge in [0.1, 0.15) is 5.75 Å². The molecule has 82 valence electrons. The van der Waals surface area contributed by atoms with Gasteiger partial charge in [-0.25, -0.2) is 4.79 Å². The van der Waals surface area contributed by atoms with Crippen molar-refractivity contribution in [3.8, 4) is 5.75 Å². The Balaban J connectivity index is 2.15. The van der Waals surface area contributed by atoms with Crippen LogP contribution < -0.4 is 4.74 Å². The summed E-state index contributed by atoms with van der Waals surface area (Å²) < 4.78 is 8.86. The van der Waals surface area contributed by atoms with Crippen molar-refractivity contribution in [1.82, 2.24) is 9.59 Å². The van der Waals surface area contributed by atoms with E-state index in [0.717, 1.165) is 4.88 Å². The van der Waals surface area contributed by atoms with Crippen LogP contribution in [0.15, 0.2) is 30.3 Å². The predicted molar refractivity (Wildman–Crippen MR) is 63.9 cm³/mol. The Morgan fingerprint density at radius 2 is 2.12 bits per heavy atom. The van der Waals surface area contributed by atoms with Crippen molar-refractivity contribution in [3.05, 3.63) is 40.9 Å². The average Bonchev–Trinajstić information content (AvgIpc) is 2.78. The van der Waals surface area contributed by atoms with Gasteiger partial charge in [0.05, 0.1) is 4.88 Å². The van der Waals surface area contributed by atoms with Crippen molar-refractivity contribution in [3.63, 3.8) is 0 Å². The van der Waals surface area contributed by atoms with Gasteiger partial charge in [-0.05, 0) is 23.7 Å². The Bertz CT molecular complexity index is 487. The van der Waals surface area contributed by atoms with E-state index in [2.05, 4.69) is 25.5 Å². The van der Waals surface area contributed by atoms with Crippen molar-refractivity contribution in [2.75, 3.05) is 0 Å². The summed E-state index contributed by atoms with van der Waals surface area (Å²) in [7, 11) is 0. The van der Waals surface area contributed by atoms with Gasteiger partial charge >= 0.3 is 5.97 Å². The lowest BCUT2D eigenvalue weighted by Gasteiger charge is -2.01. The number of para-hydroxylation sites is 1. The minimum atomic E-state index is -0.477. The number of benzene rings is 1. The van der Waals surface area contributed by atoms with E-state index in [1.807, 2.05) is 6.07 Å². The molecule has 0 saturated heterocycles. The van der Waals surface area contributed by atoms with E-state index in [0.29, 0.717) is 11.1 Å². The van der Waals surface area contributed by atoms with Gasteiger partial charge in [-0.1, -0.05) is 38.6 Å². The van der Waals surface area contributed by atoms with Crippen LogP contribution in [0.1, 0.15) is 15.4 Å². The second-order valence-corrected chi connectivity index (χ2v) is 4.28. The molecule has 16 heavy (non-hydrogen) atoms. The zero-order valence-corrected chi connectivity index (χ0v) is 10.5. The van der Waals surface area contributed by atoms with Crippen LogP contribution in [-0.2, 0) is 5.33 Å². The van der Waals surface area contributed by atoms with Crippen molar-refractivity contribution in [2.45, 2.75) is 5.33 Å². The first kappa shape index (κ1) is 11.2. The number of hydrogen-bond donors (Lipinski definition) is 0. The summed E-state index contributed by atoms with van der Waals surface area (Å²) >= 11 is 4.44. The van der Waals surface area contributed by atoms with Gasteiger partial charge in [0.25, 0.3) is 0 Å². The molecular formula is C10H7BrN2O2S. The zero-order valence-electron chi connectivity index (χ0n) is 8.09. The Labute approximate surface area is 105 Å². The molecule has 0 aliphatic heterocycles. The second kappa shape index (κ2) is 5.18. The molecule has 0 unspecified atom stereocenters. The van der Waals surface area contributed by atoms with E-state index in [-0.39, 0.29) is 5.69 Å². The molecule has 0 atom stereocenters. The highest BCUT2D eigenvalue weighted by Crippen LogP contribution is 2.17. The summed E-state index contributed by atoms with van der Waals surface area (Å²) in [5.41, 5.74) is 0.269. The van der Waals surface area contributed by atoms with E-state index < -0.39 is 5.97 Å². The number of nitrogens with zero attached hydrogens (tertiary/aromatic N) is 2. The molecule has 0 radical (unpaired) electrons. The van der Waals surface area contributed by atoms with Crippen LogP contribution in [0, 0.1) is 0 Å². The number of aromatic nitrogens is 2. The van der Waals surface area contributed by atoms with Crippen LogP contribution in [0.5, 0.6) is 5.75 Å². The Morgan fingerprint density at radius 1 is 1.38 bits per heavy atom. The van der Waals surface area contributed by atoms with Crippen molar-refractivity contribution >= 4 is 33.4 Å². The number of alkyl halides is 1. The van der Waals surface area contributed by atoms with E-state index in [1.165, 1.54) is 11.5 Å². The predicted octanol–water partition coefficient (Wildman–Crippen LogP) is 2.65.